The standard InChI is InChI=1S/C56H94N4O8S4/c1-5-7-9-11-13-15-17-19-25-31-53(61)59-51(55(63)57-41-27-21-23-29-43-71(65,66)49-37-33-47(3)34-38-49)45-69-70-46-52(60-54(62)32-26-20-18-16-14-12-10-8-6-2)56(64)58-42-28-22-24-30-44-72(67,68)50-39-35-48(4)36-40-50/h33-40,51-52H,5-32,41-46H2,1-4H3,(H,57,63)(H,58,64)(H,59,61)(H,60,62). The molecule has 4 N–H and O–H groups in total. The summed E-state index contributed by atoms with van der Waals surface area (Å²) < 4.78 is 51.0. The molecular weight excluding hydrogens is 985 g/mol. The molecule has 12 nitrogen and oxygen atoms in total. The highest BCUT2D eigenvalue weighted by molar-refractivity contribution is 8.76. The minimum absolute atomic E-state index is 0.0709. The van der Waals surface area contributed by atoms with Crippen molar-refractivity contribution in [3.8, 4) is 0 Å². The first-order valence-electron chi connectivity index (χ1n) is 27.7. The zero-order valence-electron chi connectivity index (χ0n) is 44.7. The number of sulfone groups is 2. The number of carbonyl (C=O) groups is 4. The van der Waals surface area contributed by atoms with E-state index in [2.05, 4.69) is 35.1 Å². The summed E-state index contributed by atoms with van der Waals surface area (Å²) in [5.41, 5.74) is 2.01. The van der Waals surface area contributed by atoms with Crippen molar-refractivity contribution in [3.05, 3.63) is 59.7 Å². The molecule has 0 aliphatic carbocycles. The number of nitrogens with one attached hydrogen (secondary N) is 4. The number of unbranched alkanes of at least 4 members (excludes halogenated alkanes) is 22. The SMILES string of the molecule is CCCCCCCCCCCC(=O)NC(CSSCC(NC(=O)CCCCCCCCCCC)C(=O)NCCCCCCS(=O)(=O)c1ccc(C)cc1)C(=O)NCCCCCCS(=O)(=O)c1ccc(C)cc1. The zero-order valence-corrected chi connectivity index (χ0v) is 48.0. The number of hydrogen-bond donors (Lipinski definition) is 4. The molecule has 0 bridgehead atoms. The lowest BCUT2D eigenvalue weighted by Crippen LogP contribution is -2.49. The second-order valence-electron chi connectivity index (χ2n) is 19.6. The molecule has 0 heterocycles. The van der Waals surface area contributed by atoms with Gasteiger partial charge < -0.3 is 21.3 Å². The number of benzene rings is 2. The van der Waals surface area contributed by atoms with E-state index in [9.17, 15) is 36.0 Å². The number of aryl methyl sites for hydroxylation is 2. The van der Waals surface area contributed by atoms with Gasteiger partial charge in [0.1, 0.15) is 12.1 Å². The van der Waals surface area contributed by atoms with Crippen LogP contribution >= 0.6 is 21.6 Å². The smallest absolute Gasteiger partial charge is 0.243 e. The maximum absolute atomic E-state index is 13.6. The molecule has 72 heavy (non-hydrogen) atoms. The Kier molecular flexibility index (Phi) is 36.4. The summed E-state index contributed by atoms with van der Waals surface area (Å²) in [7, 11) is -3.96. The van der Waals surface area contributed by atoms with Gasteiger partial charge in [-0.1, -0.05) is 199 Å². The Labute approximate surface area is 444 Å². The van der Waals surface area contributed by atoms with Gasteiger partial charge in [0.15, 0.2) is 19.7 Å². The van der Waals surface area contributed by atoms with Crippen molar-refractivity contribution in [2.75, 3.05) is 36.1 Å². The molecule has 0 fully saturated rings. The second kappa shape index (κ2) is 40.3. The molecular formula is C56H94N4O8S4. The number of carbonyl (C=O) groups excluding carboxylic acids is 4. The van der Waals surface area contributed by atoms with Crippen molar-refractivity contribution in [2.45, 2.75) is 229 Å². The lowest BCUT2D eigenvalue weighted by atomic mass is 10.1. The predicted molar refractivity (Wildman–Crippen MR) is 302 cm³/mol. The van der Waals surface area contributed by atoms with E-state index < -0.39 is 31.8 Å². The van der Waals surface area contributed by atoms with Crippen LogP contribution < -0.4 is 21.3 Å². The molecule has 410 valence electrons. The quantitative estimate of drug-likeness (QED) is 0.0368. The van der Waals surface area contributed by atoms with Crippen LogP contribution in [-0.2, 0) is 38.9 Å². The summed E-state index contributed by atoms with van der Waals surface area (Å²) in [5.74, 6) is -0.263. The van der Waals surface area contributed by atoms with Crippen LogP contribution in [0.3, 0.4) is 0 Å². The number of rotatable bonds is 45. The van der Waals surface area contributed by atoms with Crippen molar-refractivity contribution in [2.24, 2.45) is 0 Å². The van der Waals surface area contributed by atoms with Crippen molar-refractivity contribution in [1.29, 1.82) is 0 Å². The van der Waals surface area contributed by atoms with Gasteiger partial charge in [0, 0.05) is 37.4 Å². The van der Waals surface area contributed by atoms with Gasteiger partial charge in [-0.2, -0.15) is 0 Å². The van der Waals surface area contributed by atoms with Crippen molar-refractivity contribution >= 4 is 64.9 Å². The van der Waals surface area contributed by atoms with Gasteiger partial charge in [-0.3, -0.25) is 19.2 Å². The Morgan fingerprint density at radius 3 is 1.04 bits per heavy atom. The minimum atomic E-state index is -3.35. The molecule has 16 heteroatoms. The topological polar surface area (TPSA) is 185 Å². The molecule has 2 aromatic rings. The molecule has 2 atom stereocenters. The van der Waals surface area contributed by atoms with Crippen LogP contribution in [0.15, 0.2) is 58.3 Å². The maximum atomic E-state index is 13.6. The average Bonchev–Trinajstić information content (AvgIpc) is 3.35. The van der Waals surface area contributed by atoms with E-state index in [1.54, 1.807) is 48.5 Å². The van der Waals surface area contributed by atoms with E-state index in [1.807, 2.05) is 13.8 Å². The summed E-state index contributed by atoms with van der Waals surface area (Å²) in [6.45, 7) is 9.06. The van der Waals surface area contributed by atoms with E-state index in [1.165, 1.54) is 85.8 Å². The van der Waals surface area contributed by atoms with E-state index in [4.69, 9.17) is 0 Å². The molecule has 0 aliphatic rings. The highest BCUT2D eigenvalue weighted by Gasteiger charge is 2.24. The molecule has 0 saturated heterocycles. The van der Waals surface area contributed by atoms with Gasteiger partial charge in [-0.25, -0.2) is 16.8 Å². The highest BCUT2D eigenvalue weighted by atomic mass is 33.1. The largest absolute Gasteiger partial charge is 0.354 e. The summed E-state index contributed by atoms with van der Waals surface area (Å²) in [6.07, 6.45) is 26.4. The van der Waals surface area contributed by atoms with Crippen molar-refractivity contribution < 1.29 is 36.0 Å². The maximum Gasteiger partial charge on any atom is 0.243 e. The average molecular weight is 1080 g/mol. The van der Waals surface area contributed by atoms with Crippen LogP contribution in [-0.4, -0.2) is 88.6 Å². The van der Waals surface area contributed by atoms with Gasteiger partial charge in [-0.05, 0) is 76.6 Å². The molecule has 0 radical (unpaired) electrons. The number of hydrogen-bond acceptors (Lipinski definition) is 10. The highest BCUT2D eigenvalue weighted by Crippen LogP contribution is 2.24. The Balaban J connectivity index is 1.94. The molecule has 0 aromatic heterocycles. The fourth-order valence-electron chi connectivity index (χ4n) is 8.26. The van der Waals surface area contributed by atoms with E-state index in [0.717, 1.165) is 75.3 Å². The molecule has 0 spiro atoms. The van der Waals surface area contributed by atoms with Crippen LogP contribution in [0.1, 0.15) is 205 Å². The van der Waals surface area contributed by atoms with E-state index in [0.29, 0.717) is 74.2 Å². The Morgan fingerprint density at radius 1 is 0.417 bits per heavy atom. The van der Waals surface area contributed by atoms with Crippen LogP contribution in [0, 0.1) is 13.8 Å². The molecule has 2 rings (SSSR count). The first-order valence-corrected chi connectivity index (χ1v) is 33.4. The lowest BCUT2D eigenvalue weighted by Gasteiger charge is -2.20. The fourth-order valence-corrected chi connectivity index (χ4v) is 13.3. The van der Waals surface area contributed by atoms with Crippen LogP contribution in [0.25, 0.3) is 0 Å². The van der Waals surface area contributed by atoms with Crippen LogP contribution in [0.2, 0.25) is 0 Å². The first-order chi connectivity index (χ1) is 34.7. The van der Waals surface area contributed by atoms with Gasteiger partial charge in [0.05, 0.1) is 21.3 Å². The third kappa shape index (κ3) is 31.6. The van der Waals surface area contributed by atoms with Crippen molar-refractivity contribution in [3.63, 3.8) is 0 Å². The normalized spacial score (nSPS) is 12.6. The molecule has 0 saturated carbocycles. The Morgan fingerprint density at radius 2 is 0.708 bits per heavy atom. The number of amides is 4. The summed E-state index contributed by atoms with van der Waals surface area (Å²) in [5, 5.41) is 11.9. The monoisotopic (exact) mass is 1080 g/mol. The lowest BCUT2D eigenvalue weighted by molar-refractivity contribution is -0.128. The first kappa shape index (κ1) is 65.0. The zero-order chi connectivity index (χ0) is 52.7. The third-order valence-electron chi connectivity index (χ3n) is 12.9. The molecule has 2 aromatic carbocycles. The fraction of sp³-hybridized carbons (Fsp3) is 0.714. The van der Waals surface area contributed by atoms with E-state index >= 15 is 0 Å². The van der Waals surface area contributed by atoms with Gasteiger partial charge in [0.25, 0.3) is 0 Å². The molecule has 4 amide bonds. The van der Waals surface area contributed by atoms with Crippen LogP contribution in [0.4, 0.5) is 0 Å². The predicted octanol–water partition coefficient (Wildman–Crippen LogP) is 12.1. The van der Waals surface area contributed by atoms with Crippen molar-refractivity contribution in [1.82, 2.24) is 21.3 Å². The van der Waals surface area contributed by atoms with E-state index in [-0.39, 0.29) is 46.6 Å². The Bertz CT molecular complexity index is 1860. The van der Waals surface area contributed by atoms with Gasteiger partial charge in [0.2, 0.25) is 23.6 Å². The van der Waals surface area contributed by atoms with Crippen LogP contribution in [0.5, 0.6) is 0 Å². The minimum Gasteiger partial charge on any atom is -0.354 e. The Hall–Kier alpha value is -3.08. The molecule has 0 aliphatic heterocycles. The third-order valence-corrected chi connectivity index (χ3v) is 19.0. The van der Waals surface area contributed by atoms with Gasteiger partial charge >= 0.3 is 0 Å². The summed E-state index contributed by atoms with van der Waals surface area (Å²) in [4.78, 5) is 54.2. The molecule has 2 unspecified atom stereocenters. The summed E-state index contributed by atoms with van der Waals surface area (Å²) >= 11 is 0. The second-order valence-corrected chi connectivity index (χ2v) is 26.4. The van der Waals surface area contributed by atoms with Gasteiger partial charge in [-0.15, -0.1) is 0 Å². The summed E-state index contributed by atoms with van der Waals surface area (Å²) in [6, 6.07) is 12.2.